The Balaban J connectivity index is 0. The highest BCUT2D eigenvalue weighted by Gasteiger charge is 2.25. The van der Waals surface area contributed by atoms with Crippen LogP contribution < -0.4 is 5.59 Å². The lowest BCUT2D eigenvalue weighted by molar-refractivity contribution is -0.0860. The van der Waals surface area contributed by atoms with Crippen LogP contribution in [0.25, 0.3) is 0 Å². The average molecular weight is 327 g/mol. The summed E-state index contributed by atoms with van der Waals surface area (Å²) in [7, 11) is 0. The Hall–Kier alpha value is -1.55. The van der Waals surface area contributed by atoms with E-state index in [9.17, 15) is 4.91 Å². The fourth-order valence-corrected chi connectivity index (χ4v) is 1.38. The van der Waals surface area contributed by atoms with Gasteiger partial charge in [0.2, 0.25) is 0 Å². The van der Waals surface area contributed by atoms with E-state index in [4.69, 9.17) is 10.1 Å². The zero-order valence-corrected chi connectivity index (χ0v) is 16.1. The second-order valence-electron chi connectivity index (χ2n) is 7.75. The molecule has 0 amide bonds. The Morgan fingerprint density at radius 1 is 1.13 bits per heavy atom. The zero-order chi connectivity index (χ0) is 18.7. The smallest absolute Gasteiger partial charge is 0.164 e. The standard InChI is InChI=1S/C11H21N3.C5H12N2O2/c1-9(2)7-11(6,8-12)14-13-10(3,4)5;1-4-5(2,3)9-7-6-8/h9H,7H2,1-6H3;4H2,1-3H3,(H,7,8). The van der Waals surface area contributed by atoms with Crippen LogP contribution in [0.15, 0.2) is 15.5 Å². The summed E-state index contributed by atoms with van der Waals surface area (Å²) in [5, 5.41) is 19.7. The quantitative estimate of drug-likeness (QED) is 0.406. The van der Waals surface area contributed by atoms with Gasteiger partial charge in [0.25, 0.3) is 0 Å². The second kappa shape index (κ2) is 10.3. The summed E-state index contributed by atoms with van der Waals surface area (Å²) >= 11 is 0. The number of nitrogens with zero attached hydrogens (tertiary/aromatic N) is 4. The van der Waals surface area contributed by atoms with E-state index in [2.05, 4.69) is 35.4 Å². The van der Waals surface area contributed by atoms with Crippen LogP contribution in [0.3, 0.4) is 0 Å². The Morgan fingerprint density at radius 3 is 1.96 bits per heavy atom. The molecule has 0 fully saturated rings. The Morgan fingerprint density at radius 2 is 1.65 bits per heavy atom. The molecule has 0 heterocycles. The van der Waals surface area contributed by atoms with Crippen LogP contribution in [0.1, 0.15) is 75.2 Å². The Kier molecular flexibility index (Phi) is 10.6. The van der Waals surface area contributed by atoms with Crippen LogP contribution >= 0.6 is 0 Å². The van der Waals surface area contributed by atoms with E-state index in [1.807, 2.05) is 54.1 Å². The molecule has 1 N–H and O–H groups in total. The maximum Gasteiger partial charge on any atom is 0.164 e. The molecular formula is C16H33N5O2. The predicted molar refractivity (Wildman–Crippen MR) is 92.5 cm³/mol. The van der Waals surface area contributed by atoms with E-state index in [1.54, 1.807) is 0 Å². The van der Waals surface area contributed by atoms with Gasteiger partial charge in [0.1, 0.15) is 0 Å². The third-order valence-corrected chi connectivity index (χ3v) is 2.83. The van der Waals surface area contributed by atoms with E-state index in [0.717, 1.165) is 12.8 Å². The van der Waals surface area contributed by atoms with Gasteiger partial charge in [0, 0.05) is 0 Å². The summed E-state index contributed by atoms with van der Waals surface area (Å²) in [5.74, 6) is 0.457. The first-order chi connectivity index (χ1) is 10.3. The Labute approximate surface area is 140 Å². The van der Waals surface area contributed by atoms with E-state index < -0.39 is 5.54 Å². The number of hydrogen-bond donors (Lipinski definition) is 1. The van der Waals surface area contributed by atoms with Crippen molar-refractivity contribution in [1.82, 2.24) is 5.59 Å². The summed E-state index contributed by atoms with van der Waals surface area (Å²) in [6, 6.07) is 2.22. The van der Waals surface area contributed by atoms with Crippen LogP contribution in [0.5, 0.6) is 0 Å². The van der Waals surface area contributed by atoms with Gasteiger partial charge in [-0.1, -0.05) is 20.8 Å². The third-order valence-electron chi connectivity index (χ3n) is 2.83. The van der Waals surface area contributed by atoms with Crippen LogP contribution in [0, 0.1) is 22.2 Å². The van der Waals surface area contributed by atoms with Crippen molar-refractivity contribution in [2.24, 2.45) is 21.4 Å². The van der Waals surface area contributed by atoms with Gasteiger partial charge >= 0.3 is 0 Å². The molecule has 0 spiro atoms. The summed E-state index contributed by atoms with van der Waals surface area (Å²) in [5.41, 5.74) is 0.733. The molecule has 7 heteroatoms. The number of nitrogens with one attached hydrogen (secondary N) is 1. The van der Waals surface area contributed by atoms with Crippen LogP contribution in [0.2, 0.25) is 0 Å². The maximum atomic E-state index is 9.48. The summed E-state index contributed by atoms with van der Waals surface area (Å²) in [4.78, 5) is 14.3. The first-order valence-electron chi connectivity index (χ1n) is 7.91. The highest BCUT2D eigenvalue weighted by atomic mass is 16.7. The Bertz CT molecular complexity index is 408. The van der Waals surface area contributed by atoms with Gasteiger partial charge in [-0.2, -0.15) is 15.5 Å². The van der Waals surface area contributed by atoms with Gasteiger partial charge in [-0.3, -0.25) is 4.84 Å². The molecule has 0 radical (unpaired) electrons. The van der Waals surface area contributed by atoms with Gasteiger partial charge in [0.15, 0.2) is 5.54 Å². The summed E-state index contributed by atoms with van der Waals surface area (Å²) in [6.07, 6.45) is 1.58. The lowest BCUT2D eigenvalue weighted by atomic mass is 9.93. The minimum absolute atomic E-state index is 0.199. The monoisotopic (exact) mass is 327 g/mol. The predicted octanol–water partition coefficient (Wildman–Crippen LogP) is 4.94. The molecule has 0 aromatic heterocycles. The molecule has 0 aliphatic rings. The molecule has 0 rings (SSSR count). The molecule has 0 bridgehead atoms. The van der Waals surface area contributed by atoms with Crippen molar-refractivity contribution < 1.29 is 4.84 Å². The molecule has 0 aliphatic carbocycles. The lowest BCUT2D eigenvalue weighted by Gasteiger charge is -2.19. The largest absolute Gasteiger partial charge is 0.251 e. The zero-order valence-electron chi connectivity index (χ0n) is 16.1. The van der Waals surface area contributed by atoms with Crippen molar-refractivity contribution >= 4 is 0 Å². The topological polar surface area (TPSA) is 99.2 Å². The van der Waals surface area contributed by atoms with Crippen molar-refractivity contribution in [3.05, 3.63) is 4.91 Å². The fraction of sp³-hybridized carbons (Fsp3) is 0.938. The van der Waals surface area contributed by atoms with Gasteiger partial charge in [-0.25, -0.2) is 0 Å². The van der Waals surface area contributed by atoms with Crippen molar-refractivity contribution in [3.63, 3.8) is 0 Å². The first-order valence-corrected chi connectivity index (χ1v) is 7.91. The highest BCUT2D eigenvalue weighted by molar-refractivity contribution is 5.03. The normalized spacial score (nSPS) is 14.7. The van der Waals surface area contributed by atoms with E-state index in [0.29, 0.717) is 5.92 Å². The molecule has 0 aromatic carbocycles. The molecule has 134 valence electrons. The third kappa shape index (κ3) is 15.1. The second-order valence-corrected chi connectivity index (χ2v) is 7.75. The van der Waals surface area contributed by atoms with Crippen LogP contribution in [-0.2, 0) is 4.84 Å². The molecule has 0 saturated heterocycles. The van der Waals surface area contributed by atoms with Crippen molar-refractivity contribution in [1.29, 1.82) is 5.26 Å². The summed E-state index contributed by atoms with van der Waals surface area (Å²) < 4.78 is 0. The molecule has 0 saturated carbocycles. The molecule has 1 unspecified atom stereocenters. The minimum atomic E-state index is -0.665. The maximum absolute atomic E-state index is 9.48. The van der Waals surface area contributed by atoms with Crippen LogP contribution in [-0.4, -0.2) is 16.7 Å². The SMILES string of the molecule is CC(C)CC(C)(C#N)N=NC(C)(C)C.CCC(C)(C)ONN=O. The average Bonchev–Trinajstić information content (AvgIpc) is 2.42. The molecular weight excluding hydrogens is 294 g/mol. The number of nitroso groups, excluding NO2 is 1. The fourth-order valence-electron chi connectivity index (χ4n) is 1.38. The van der Waals surface area contributed by atoms with Crippen molar-refractivity contribution in [2.45, 2.75) is 91.8 Å². The van der Waals surface area contributed by atoms with E-state index in [-0.39, 0.29) is 11.1 Å². The molecule has 0 aliphatic heterocycles. The summed E-state index contributed by atoms with van der Waals surface area (Å²) in [6.45, 7) is 17.6. The van der Waals surface area contributed by atoms with Gasteiger partial charge < -0.3 is 0 Å². The number of hydrogen-bond acceptors (Lipinski definition) is 6. The number of nitriles is 1. The molecule has 1 atom stereocenters. The first kappa shape index (κ1) is 23.7. The number of rotatable bonds is 7. The van der Waals surface area contributed by atoms with Gasteiger partial charge in [-0.05, 0) is 60.3 Å². The highest BCUT2D eigenvalue weighted by Crippen LogP contribution is 2.22. The lowest BCUT2D eigenvalue weighted by Crippen LogP contribution is -2.28. The minimum Gasteiger partial charge on any atom is -0.251 e. The van der Waals surface area contributed by atoms with Gasteiger partial charge in [0.05, 0.1) is 22.5 Å². The van der Waals surface area contributed by atoms with Crippen molar-refractivity contribution in [2.75, 3.05) is 0 Å². The van der Waals surface area contributed by atoms with Crippen molar-refractivity contribution in [3.8, 4) is 6.07 Å². The molecule has 23 heavy (non-hydrogen) atoms. The van der Waals surface area contributed by atoms with Crippen LogP contribution in [0.4, 0.5) is 0 Å². The van der Waals surface area contributed by atoms with E-state index in [1.165, 1.54) is 0 Å². The van der Waals surface area contributed by atoms with Gasteiger partial charge in [-0.15, -0.1) is 10.5 Å². The number of azo groups is 1. The molecule has 0 aromatic rings. The van der Waals surface area contributed by atoms with E-state index >= 15 is 0 Å². The molecule has 7 nitrogen and oxygen atoms in total.